The minimum absolute atomic E-state index is 0.0521. The minimum atomic E-state index is -0.588. The number of rotatable bonds is 4. The quantitative estimate of drug-likeness (QED) is 0.935. The lowest BCUT2D eigenvalue weighted by Gasteiger charge is -2.29. The van der Waals surface area contributed by atoms with Gasteiger partial charge in [0.2, 0.25) is 5.91 Å². The van der Waals surface area contributed by atoms with Gasteiger partial charge >= 0.3 is 0 Å². The fourth-order valence-corrected chi connectivity index (χ4v) is 3.06. The summed E-state index contributed by atoms with van der Waals surface area (Å²) >= 11 is 0. The molecule has 2 amide bonds. The lowest BCUT2D eigenvalue weighted by Crippen LogP contribution is -2.47. The molecular formula is C19H19FN2O2. The van der Waals surface area contributed by atoms with Crippen LogP contribution in [-0.4, -0.2) is 22.8 Å². The highest BCUT2D eigenvalue weighted by Gasteiger charge is 2.37. The first-order valence-corrected chi connectivity index (χ1v) is 7.92. The number of anilines is 1. The average Bonchev–Trinajstić information content (AvgIpc) is 2.87. The Bertz CT molecular complexity index is 771. The van der Waals surface area contributed by atoms with E-state index in [1.165, 1.54) is 24.3 Å². The van der Waals surface area contributed by atoms with E-state index in [9.17, 15) is 14.0 Å². The van der Waals surface area contributed by atoms with E-state index < -0.39 is 6.04 Å². The van der Waals surface area contributed by atoms with E-state index in [1.54, 1.807) is 11.0 Å². The predicted molar refractivity (Wildman–Crippen MR) is 90.0 cm³/mol. The number of fused-ring (bicyclic) bond motifs is 1. The molecular weight excluding hydrogens is 307 g/mol. The van der Waals surface area contributed by atoms with Gasteiger partial charge in [-0.05, 0) is 41.8 Å². The largest absolute Gasteiger partial charge is 0.324 e. The van der Waals surface area contributed by atoms with Crippen molar-refractivity contribution in [3.63, 3.8) is 0 Å². The Morgan fingerprint density at radius 3 is 2.42 bits per heavy atom. The molecule has 1 aliphatic heterocycles. The van der Waals surface area contributed by atoms with Crippen LogP contribution < -0.4 is 5.32 Å². The molecule has 1 atom stereocenters. The number of carbonyl (C=O) groups excluding carboxylic acids is 2. The Hall–Kier alpha value is -2.69. The first-order valence-electron chi connectivity index (χ1n) is 7.92. The Kier molecular flexibility index (Phi) is 4.34. The molecule has 0 aliphatic carbocycles. The van der Waals surface area contributed by atoms with Crippen LogP contribution >= 0.6 is 0 Å². The van der Waals surface area contributed by atoms with Crippen molar-refractivity contribution in [1.29, 1.82) is 0 Å². The van der Waals surface area contributed by atoms with Crippen LogP contribution in [0.15, 0.2) is 48.5 Å². The van der Waals surface area contributed by atoms with Crippen molar-refractivity contribution in [2.45, 2.75) is 26.4 Å². The summed E-state index contributed by atoms with van der Waals surface area (Å²) in [6, 6.07) is 12.4. The number of amides is 2. The first kappa shape index (κ1) is 16.2. The fraction of sp³-hybridized carbons (Fsp3) is 0.263. The van der Waals surface area contributed by atoms with Crippen LogP contribution in [0.3, 0.4) is 0 Å². The third-order valence-electron chi connectivity index (χ3n) is 4.20. The molecule has 0 radical (unpaired) electrons. The van der Waals surface area contributed by atoms with Crippen molar-refractivity contribution >= 4 is 17.5 Å². The Labute approximate surface area is 140 Å². The third kappa shape index (κ3) is 3.02. The van der Waals surface area contributed by atoms with E-state index >= 15 is 0 Å². The smallest absolute Gasteiger partial charge is 0.255 e. The van der Waals surface area contributed by atoms with Gasteiger partial charge in [0.25, 0.3) is 5.91 Å². The molecule has 24 heavy (non-hydrogen) atoms. The van der Waals surface area contributed by atoms with Crippen LogP contribution in [0.4, 0.5) is 10.1 Å². The highest BCUT2D eigenvalue weighted by atomic mass is 19.1. The predicted octanol–water partition coefficient (Wildman–Crippen LogP) is 3.44. The maximum absolute atomic E-state index is 13.0. The van der Waals surface area contributed by atoms with Crippen molar-refractivity contribution in [3.8, 4) is 0 Å². The Morgan fingerprint density at radius 1 is 1.12 bits per heavy atom. The van der Waals surface area contributed by atoms with Gasteiger partial charge in [-0.15, -0.1) is 0 Å². The number of hydrogen-bond acceptors (Lipinski definition) is 2. The van der Waals surface area contributed by atoms with Crippen LogP contribution in [0, 0.1) is 11.7 Å². The summed E-state index contributed by atoms with van der Waals surface area (Å²) in [4.78, 5) is 27.0. The summed E-state index contributed by atoms with van der Waals surface area (Å²) in [7, 11) is 0. The maximum Gasteiger partial charge on any atom is 0.255 e. The van der Waals surface area contributed by atoms with Gasteiger partial charge in [0.15, 0.2) is 0 Å². The molecule has 0 bridgehead atoms. The standard InChI is InChI=1S/C19H19FN2O2/c1-12(2)17(18(23)21-15-9-7-14(20)8-10-15)22-11-13-5-3-4-6-16(13)19(22)24/h3-10,12,17H,11H2,1-2H3,(H,21,23)/t17-/m1/s1. The molecule has 124 valence electrons. The summed E-state index contributed by atoms with van der Waals surface area (Å²) in [6.45, 7) is 4.24. The van der Waals surface area contributed by atoms with Gasteiger partial charge in [0.05, 0.1) is 0 Å². The van der Waals surface area contributed by atoms with Crippen molar-refractivity contribution in [2.75, 3.05) is 5.32 Å². The van der Waals surface area contributed by atoms with Crippen LogP contribution in [0.2, 0.25) is 0 Å². The maximum atomic E-state index is 13.0. The lowest BCUT2D eigenvalue weighted by molar-refractivity contribution is -0.122. The first-order chi connectivity index (χ1) is 11.5. The molecule has 2 aromatic carbocycles. The van der Waals surface area contributed by atoms with Crippen molar-refractivity contribution in [3.05, 3.63) is 65.5 Å². The molecule has 0 unspecified atom stereocenters. The van der Waals surface area contributed by atoms with E-state index in [-0.39, 0.29) is 23.5 Å². The molecule has 0 fully saturated rings. The molecule has 2 aromatic rings. The van der Waals surface area contributed by atoms with E-state index in [1.807, 2.05) is 32.0 Å². The van der Waals surface area contributed by atoms with Gasteiger partial charge in [-0.3, -0.25) is 9.59 Å². The van der Waals surface area contributed by atoms with E-state index in [0.29, 0.717) is 17.8 Å². The second kappa shape index (κ2) is 6.43. The van der Waals surface area contributed by atoms with Crippen molar-refractivity contribution in [1.82, 2.24) is 4.90 Å². The molecule has 0 saturated carbocycles. The summed E-state index contributed by atoms with van der Waals surface area (Å²) in [5, 5.41) is 2.78. The Balaban J connectivity index is 1.82. The molecule has 0 aromatic heterocycles. The molecule has 5 heteroatoms. The van der Waals surface area contributed by atoms with Gasteiger partial charge in [0, 0.05) is 17.8 Å². The zero-order chi connectivity index (χ0) is 17.3. The molecule has 4 nitrogen and oxygen atoms in total. The second-order valence-electron chi connectivity index (χ2n) is 6.28. The highest BCUT2D eigenvalue weighted by molar-refractivity contribution is 6.03. The van der Waals surface area contributed by atoms with Crippen molar-refractivity contribution < 1.29 is 14.0 Å². The third-order valence-corrected chi connectivity index (χ3v) is 4.20. The second-order valence-corrected chi connectivity index (χ2v) is 6.28. The highest BCUT2D eigenvalue weighted by Crippen LogP contribution is 2.27. The molecule has 0 spiro atoms. The fourth-order valence-electron chi connectivity index (χ4n) is 3.06. The molecule has 1 N–H and O–H groups in total. The van der Waals surface area contributed by atoms with Gasteiger partial charge < -0.3 is 10.2 Å². The molecule has 3 rings (SSSR count). The summed E-state index contributed by atoms with van der Waals surface area (Å²) < 4.78 is 13.0. The number of nitrogens with zero attached hydrogens (tertiary/aromatic N) is 1. The van der Waals surface area contributed by atoms with Gasteiger partial charge in [-0.2, -0.15) is 0 Å². The average molecular weight is 326 g/mol. The SMILES string of the molecule is CC(C)[C@H](C(=O)Nc1ccc(F)cc1)N1Cc2ccccc2C1=O. The lowest BCUT2D eigenvalue weighted by atomic mass is 10.0. The van der Waals surface area contributed by atoms with Crippen LogP contribution in [0.5, 0.6) is 0 Å². The van der Waals surface area contributed by atoms with E-state index in [2.05, 4.69) is 5.32 Å². The number of hydrogen-bond donors (Lipinski definition) is 1. The van der Waals surface area contributed by atoms with Crippen LogP contribution in [0.25, 0.3) is 0 Å². The number of benzene rings is 2. The van der Waals surface area contributed by atoms with E-state index in [4.69, 9.17) is 0 Å². The van der Waals surface area contributed by atoms with Crippen LogP contribution in [-0.2, 0) is 11.3 Å². The molecule has 1 heterocycles. The minimum Gasteiger partial charge on any atom is -0.324 e. The van der Waals surface area contributed by atoms with Crippen molar-refractivity contribution in [2.24, 2.45) is 5.92 Å². The summed E-state index contributed by atoms with van der Waals surface area (Å²) in [6.07, 6.45) is 0. The zero-order valence-corrected chi connectivity index (χ0v) is 13.6. The van der Waals surface area contributed by atoms with E-state index in [0.717, 1.165) is 5.56 Å². The molecule has 0 saturated heterocycles. The zero-order valence-electron chi connectivity index (χ0n) is 13.6. The topological polar surface area (TPSA) is 49.4 Å². The van der Waals surface area contributed by atoms with Gasteiger partial charge in [0.1, 0.15) is 11.9 Å². The van der Waals surface area contributed by atoms with Crippen LogP contribution in [0.1, 0.15) is 29.8 Å². The normalized spacial score (nSPS) is 14.7. The van der Waals surface area contributed by atoms with Gasteiger partial charge in [-0.25, -0.2) is 4.39 Å². The van der Waals surface area contributed by atoms with Gasteiger partial charge in [-0.1, -0.05) is 32.0 Å². The monoisotopic (exact) mass is 326 g/mol. The summed E-state index contributed by atoms with van der Waals surface area (Å²) in [5.41, 5.74) is 2.09. The number of nitrogens with one attached hydrogen (secondary N) is 1. The molecule has 1 aliphatic rings. The Morgan fingerprint density at radius 2 is 1.79 bits per heavy atom. The summed E-state index contributed by atoms with van der Waals surface area (Å²) in [5.74, 6) is -0.807. The number of halogens is 1. The number of carbonyl (C=O) groups is 2.